The van der Waals surface area contributed by atoms with Gasteiger partial charge in [0, 0.05) is 18.2 Å². The number of hydrogen-bond donors (Lipinski definition) is 2. The lowest BCUT2D eigenvalue weighted by atomic mass is 10.1. The standard InChI is InChI=1S/C17H22N4O.ClH/c1-12(13-6-7-13)21-16(10-11-19-21)20-17(22)9-8-14-4-2-3-5-15(14)18;/h2-5,10-13H,6-9,18H2,1H3,(H,20,22);1H. The van der Waals surface area contributed by atoms with E-state index in [-0.39, 0.29) is 18.3 Å². The quantitative estimate of drug-likeness (QED) is 0.795. The molecule has 1 aromatic heterocycles. The molecule has 5 nitrogen and oxygen atoms in total. The molecule has 1 saturated carbocycles. The van der Waals surface area contributed by atoms with E-state index >= 15 is 0 Å². The maximum absolute atomic E-state index is 12.2. The number of rotatable bonds is 6. The van der Waals surface area contributed by atoms with Gasteiger partial charge >= 0.3 is 0 Å². The SMILES string of the molecule is CC(C1CC1)n1nccc1NC(=O)CCc1ccccc1N.Cl. The first kappa shape index (κ1) is 17.3. The molecule has 0 radical (unpaired) electrons. The van der Waals surface area contributed by atoms with E-state index in [1.807, 2.05) is 35.0 Å². The van der Waals surface area contributed by atoms with Gasteiger partial charge in [-0.05, 0) is 43.7 Å². The molecule has 1 unspecified atom stereocenters. The second-order valence-corrected chi connectivity index (χ2v) is 5.99. The molecule has 1 fully saturated rings. The summed E-state index contributed by atoms with van der Waals surface area (Å²) in [6, 6.07) is 9.86. The number of carbonyl (C=O) groups excluding carboxylic acids is 1. The van der Waals surface area contributed by atoms with Gasteiger partial charge in [-0.25, -0.2) is 4.68 Å². The van der Waals surface area contributed by atoms with Crippen LogP contribution in [0.3, 0.4) is 0 Å². The van der Waals surface area contributed by atoms with Crippen molar-refractivity contribution in [2.45, 2.75) is 38.6 Å². The molecule has 1 heterocycles. The van der Waals surface area contributed by atoms with Gasteiger partial charge in [0.1, 0.15) is 5.82 Å². The highest BCUT2D eigenvalue weighted by atomic mass is 35.5. The molecule has 0 saturated heterocycles. The fourth-order valence-corrected chi connectivity index (χ4v) is 2.73. The molecule has 2 aromatic rings. The highest BCUT2D eigenvalue weighted by Gasteiger charge is 2.30. The molecular formula is C17H23ClN4O. The fraction of sp³-hybridized carbons (Fsp3) is 0.412. The summed E-state index contributed by atoms with van der Waals surface area (Å²) >= 11 is 0. The molecule has 124 valence electrons. The maximum Gasteiger partial charge on any atom is 0.225 e. The van der Waals surface area contributed by atoms with Crippen molar-refractivity contribution in [3.05, 3.63) is 42.1 Å². The van der Waals surface area contributed by atoms with Crippen LogP contribution >= 0.6 is 12.4 Å². The molecule has 1 amide bonds. The van der Waals surface area contributed by atoms with Gasteiger partial charge in [0.05, 0.1) is 12.2 Å². The number of nitrogen functional groups attached to an aromatic ring is 1. The molecule has 1 aromatic carbocycles. The number of para-hydroxylation sites is 1. The zero-order chi connectivity index (χ0) is 15.5. The molecule has 1 atom stereocenters. The highest BCUT2D eigenvalue weighted by Crippen LogP contribution is 2.40. The third-order valence-corrected chi connectivity index (χ3v) is 4.30. The Labute approximate surface area is 142 Å². The molecule has 3 rings (SSSR count). The third kappa shape index (κ3) is 4.26. The van der Waals surface area contributed by atoms with Crippen molar-refractivity contribution in [1.29, 1.82) is 0 Å². The minimum absolute atomic E-state index is 0. The van der Waals surface area contributed by atoms with Crippen molar-refractivity contribution >= 4 is 29.8 Å². The minimum atomic E-state index is -0.00648. The Balaban J connectivity index is 0.00000192. The molecule has 23 heavy (non-hydrogen) atoms. The number of nitrogens with one attached hydrogen (secondary N) is 1. The first-order chi connectivity index (χ1) is 10.6. The number of amides is 1. The van der Waals surface area contributed by atoms with Crippen LogP contribution in [-0.2, 0) is 11.2 Å². The Hall–Kier alpha value is -2.01. The second-order valence-electron chi connectivity index (χ2n) is 5.99. The predicted octanol–water partition coefficient (Wildman–Crippen LogP) is 3.43. The molecule has 1 aliphatic carbocycles. The highest BCUT2D eigenvalue weighted by molar-refractivity contribution is 5.90. The average molecular weight is 335 g/mol. The van der Waals surface area contributed by atoms with Crippen LogP contribution in [0.2, 0.25) is 0 Å². The average Bonchev–Trinajstić information content (AvgIpc) is 3.26. The van der Waals surface area contributed by atoms with Crippen LogP contribution in [0, 0.1) is 5.92 Å². The first-order valence-electron chi connectivity index (χ1n) is 7.82. The van der Waals surface area contributed by atoms with Crippen LogP contribution in [0.25, 0.3) is 0 Å². The summed E-state index contributed by atoms with van der Waals surface area (Å²) in [5.74, 6) is 1.47. The molecule has 6 heteroatoms. The molecule has 1 aliphatic rings. The summed E-state index contributed by atoms with van der Waals surface area (Å²) in [5.41, 5.74) is 7.65. The Morgan fingerprint density at radius 3 is 2.83 bits per heavy atom. The maximum atomic E-state index is 12.2. The van der Waals surface area contributed by atoms with Crippen LogP contribution in [0.4, 0.5) is 11.5 Å². The van der Waals surface area contributed by atoms with Crippen LogP contribution < -0.4 is 11.1 Å². The third-order valence-electron chi connectivity index (χ3n) is 4.30. The van der Waals surface area contributed by atoms with E-state index in [1.54, 1.807) is 6.20 Å². The van der Waals surface area contributed by atoms with Crippen molar-refractivity contribution in [2.24, 2.45) is 5.92 Å². The lowest BCUT2D eigenvalue weighted by Gasteiger charge is -2.15. The molecule has 0 aliphatic heterocycles. The smallest absolute Gasteiger partial charge is 0.225 e. The van der Waals surface area contributed by atoms with Gasteiger partial charge in [0.15, 0.2) is 0 Å². The number of benzene rings is 1. The number of anilines is 2. The lowest BCUT2D eigenvalue weighted by Crippen LogP contribution is -2.18. The van der Waals surface area contributed by atoms with E-state index in [1.165, 1.54) is 12.8 Å². The zero-order valence-electron chi connectivity index (χ0n) is 13.2. The minimum Gasteiger partial charge on any atom is -0.399 e. The second kappa shape index (κ2) is 7.51. The lowest BCUT2D eigenvalue weighted by molar-refractivity contribution is -0.116. The largest absolute Gasteiger partial charge is 0.399 e. The van der Waals surface area contributed by atoms with Gasteiger partial charge in [-0.15, -0.1) is 12.4 Å². The van der Waals surface area contributed by atoms with Gasteiger partial charge < -0.3 is 11.1 Å². The summed E-state index contributed by atoms with van der Waals surface area (Å²) in [6.07, 6.45) is 5.30. The number of aromatic nitrogens is 2. The van der Waals surface area contributed by atoms with Crippen LogP contribution in [0.1, 0.15) is 37.8 Å². The van der Waals surface area contributed by atoms with E-state index in [9.17, 15) is 4.79 Å². The number of carbonyl (C=O) groups is 1. The molecular weight excluding hydrogens is 312 g/mol. The summed E-state index contributed by atoms with van der Waals surface area (Å²) in [5, 5.41) is 7.31. The zero-order valence-corrected chi connectivity index (χ0v) is 14.1. The molecule has 3 N–H and O–H groups in total. The Bertz CT molecular complexity index is 666. The summed E-state index contributed by atoms with van der Waals surface area (Å²) in [7, 11) is 0. The number of halogens is 1. The van der Waals surface area contributed by atoms with Crippen molar-refractivity contribution in [3.63, 3.8) is 0 Å². The molecule has 0 spiro atoms. The van der Waals surface area contributed by atoms with Gasteiger partial charge in [-0.1, -0.05) is 18.2 Å². The van der Waals surface area contributed by atoms with E-state index < -0.39 is 0 Å². The monoisotopic (exact) mass is 334 g/mol. The van der Waals surface area contributed by atoms with Gasteiger partial charge in [0.2, 0.25) is 5.91 Å². The number of nitrogens with zero attached hydrogens (tertiary/aromatic N) is 2. The fourth-order valence-electron chi connectivity index (χ4n) is 2.73. The van der Waals surface area contributed by atoms with Gasteiger partial charge in [-0.2, -0.15) is 5.10 Å². The summed E-state index contributed by atoms with van der Waals surface area (Å²) in [4.78, 5) is 12.2. The topological polar surface area (TPSA) is 72.9 Å². The summed E-state index contributed by atoms with van der Waals surface area (Å²) < 4.78 is 1.92. The van der Waals surface area contributed by atoms with Gasteiger partial charge in [0.25, 0.3) is 0 Å². The first-order valence-corrected chi connectivity index (χ1v) is 7.82. The van der Waals surface area contributed by atoms with Crippen molar-refractivity contribution in [3.8, 4) is 0 Å². The van der Waals surface area contributed by atoms with E-state index in [2.05, 4.69) is 17.3 Å². The number of aryl methyl sites for hydroxylation is 1. The van der Waals surface area contributed by atoms with Gasteiger partial charge in [-0.3, -0.25) is 4.79 Å². The van der Waals surface area contributed by atoms with Crippen LogP contribution in [0.15, 0.2) is 36.5 Å². The van der Waals surface area contributed by atoms with E-state index in [0.717, 1.165) is 17.1 Å². The predicted molar refractivity (Wildman–Crippen MR) is 94.7 cm³/mol. The number of nitrogens with two attached hydrogens (primary N) is 1. The normalized spacial score (nSPS) is 14.8. The summed E-state index contributed by atoms with van der Waals surface area (Å²) in [6.45, 7) is 2.16. The van der Waals surface area contributed by atoms with Crippen molar-refractivity contribution in [2.75, 3.05) is 11.1 Å². The van der Waals surface area contributed by atoms with Crippen LogP contribution in [-0.4, -0.2) is 15.7 Å². The van der Waals surface area contributed by atoms with E-state index in [0.29, 0.717) is 24.8 Å². The van der Waals surface area contributed by atoms with Crippen molar-refractivity contribution < 1.29 is 4.79 Å². The van der Waals surface area contributed by atoms with E-state index in [4.69, 9.17) is 5.73 Å². The van der Waals surface area contributed by atoms with Crippen molar-refractivity contribution in [1.82, 2.24) is 9.78 Å². The Morgan fingerprint density at radius 1 is 1.39 bits per heavy atom. The Kier molecular flexibility index (Phi) is 5.66. The Morgan fingerprint density at radius 2 is 2.13 bits per heavy atom. The van der Waals surface area contributed by atoms with Crippen LogP contribution in [0.5, 0.6) is 0 Å². The number of hydrogen-bond acceptors (Lipinski definition) is 3. The molecule has 0 bridgehead atoms.